The van der Waals surface area contributed by atoms with Gasteiger partial charge in [0, 0.05) is 5.92 Å². The number of hydrogen-bond acceptors (Lipinski definition) is 1. The second-order valence-corrected chi connectivity index (χ2v) is 3.88. The summed E-state index contributed by atoms with van der Waals surface area (Å²) < 4.78 is 0. The summed E-state index contributed by atoms with van der Waals surface area (Å²) in [6.07, 6.45) is 7.48. The fourth-order valence-electron chi connectivity index (χ4n) is 2.00. The Balaban J connectivity index is 2.11. The lowest BCUT2D eigenvalue weighted by molar-refractivity contribution is 0.123. The van der Waals surface area contributed by atoms with Crippen molar-refractivity contribution in [3.05, 3.63) is 48.0 Å². The molecule has 1 heteroatoms. The second kappa shape index (κ2) is 4.43. The Kier molecular flexibility index (Phi) is 3.00. The summed E-state index contributed by atoms with van der Waals surface area (Å²) in [5.74, 6) is 0.311. The minimum Gasteiger partial charge on any atom is -0.388 e. The first kappa shape index (κ1) is 9.47. The summed E-state index contributed by atoms with van der Waals surface area (Å²) in [5.41, 5.74) is 1.03. The molecule has 0 fully saturated rings. The van der Waals surface area contributed by atoms with Crippen LogP contribution in [0.2, 0.25) is 0 Å². The molecule has 0 heterocycles. The predicted molar refractivity (Wildman–Crippen MR) is 57.9 cm³/mol. The van der Waals surface area contributed by atoms with Crippen LogP contribution in [0.25, 0.3) is 0 Å². The molecule has 0 saturated heterocycles. The van der Waals surface area contributed by atoms with Crippen LogP contribution in [0.4, 0.5) is 0 Å². The first-order valence-corrected chi connectivity index (χ1v) is 5.27. The van der Waals surface area contributed by atoms with Crippen LogP contribution >= 0.6 is 0 Å². The first-order chi connectivity index (χ1) is 6.88. The Morgan fingerprint density at radius 3 is 2.64 bits per heavy atom. The molecule has 0 spiro atoms. The minimum absolute atomic E-state index is 0.311. The molecule has 0 aliphatic heterocycles. The van der Waals surface area contributed by atoms with Gasteiger partial charge in [-0.15, -0.1) is 0 Å². The highest BCUT2D eigenvalue weighted by Crippen LogP contribution is 2.29. The third kappa shape index (κ3) is 2.05. The molecule has 2 unspecified atom stereocenters. The third-order valence-corrected chi connectivity index (χ3v) is 2.84. The Hall–Kier alpha value is -1.08. The molecule has 1 aromatic rings. The highest BCUT2D eigenvalue weighted by atomic mass is 16.3. The van der Waals surface area contributed by atoms with Gasteiger partial charge in [-0.1, -0.05) is 42.5 Å². The molecule has 0 bridgehead atoms. The highest BCUT2D eigenvalue weighted by molar-refractivity contribution is 5.19. The van der Waals surface area contributed by atoms with E-state index in [0.29, 0.717) is 5.92 Å². The lowest BCUT2D eigenvalue weighted by atomic mass is 9.87. The van der Waals surface area contributed by atoms with Crippen molar-refractivity contribution in [3.8, 4) is 0 Å². The van der Waals surface area contributed by atoms with Crippen molar-refractivity contribution < 1.29 is 5.11 Å². The van der Waals surface area contributed by atoms with Gasteiger partial charge in [0.15, 0.2) is 0 Å². The summed E-state index contributed by atoms with van der Waals surface area (Å²) >= 11 is 0. The highest BCUT2D eigenvalue weighted by Gasteiger charge is 2.19. The van der Waals surface area contributed by atoms with Crippen LogP contribution in [0.15, 0.2) is 42.5 Å². The van der Waals surface area contributed by atoms with Crippen molar-refractivity contribution in [2.24, 2.45) is 5.92 Å². The van der Waals surface area contributed by atoms with E-state index in [1.807, 2.05) is 30.3 Å². The molecule has 1 aliphatic carbocycles. The van der Waals surface area contributed by atoms with E-state index < -0.39 is 0 Å². The normalized spacial score (nSPS) is 23.4. The van der Waals surface area contributed by atoms with Gasteiger partial charge >= 0.3 is 0 Å². The molecule has 14 heavy (non-hydrogen) atoms. The number of aliphatic hydroxyl groups is 1. The van der Waals surface area contributed by atoms with Gasteiger partial charge in [0.2, 0.25) is 0 Å². The number of benzene rings is 1. The zero-order chi connectivity index (χ0) is 9.80. The van der Waals surface area contributed by atoms with E-state index in [1.165, 1.54) is 6.42 Å². The zero-order valence-corrected chi connectivity index (χ0v) is 8.26. The molecule has 2 rings (SSSR count). The fraction of sp³-hybridized carbons (Fsp3) is 0.385. The van der Waals surface area contributed by atoms with Gasteiger partial charge in [-0.2, -0.15) is 0 Å². The van der Waals surface area contributed by atoms with Crippen molar-refractivity contribution >= 4 is 0 Å². The van der Waals surface area contributed by atoms with Gasteiger partial charge in [-0.3, -0.25) is 0 Å². The molecular weight excluding hydrogens is 172 g/mol. The van der Waals surface area contributed by atoms with E-state index in [9.17, 15) is 5.11 Å². The average molecular weight is 188 g/mol. The van der Waals surface area contributed by atoms with Crippen LogP contribution in [0.3, 0.4) is 0 Å². The lowest BCUT2D eigenvalue weighted by Gasteiger charge is -2.22. The molecule has 1 aromatic carbocycles. The quantitative estimate of drug-likeness (QED) is 0.707. The second-order valence-electron chi connectivity index (χ2n) is 3.88. The molecule has 1 N–H and O–H groups in total. The van der Waals surface area contributed by atoms with E-state index >= 15 is 0 Å². The van der Waals surface area contributed by atoms with Gasteiger partial charge < -0.3 is 5.11 Å². The SMILES string of the molecule is OC(c1ccccc1)C1C=CCCC1. The number of aliphatic hydroxyl groups excluding tert-OH is 1. The average Bonchev–Trinajstić information content (AvgIpc) is 2.30. The molecule has 2 atom stereocenters. The van der Waals surface area contributed by atoms with Gasteiger partial charge in [0.05, 0.1) is 6.10 Å². The molecule has 0 aromatic heterocycles. The van der Waals surface area contributed by atoms with Crippen molar-refractivity contribution in [2.45, 2.75) is 25.4 Å². The molecule has 1 nitrogen and oxygen atoms in total. The molecule has 0 saturated carbocycles. The summed E-state index contributed by atoms with van der Waals surface area (Å²) in [4.78, 5) is 0. The van der Waals surface area contributed by atoms with E-state index in [2.05, 4.69) is 12.2 Å². The number of allylic oxidation sites excluding steroid dienone is 1. The van der Waals surface area contributed by atoms with Crippen LogP contribution in [0, 0.1) is 5.92 Å². The Morgan fingerprint density at radius 2 is 2.00 bits per heavy atom. The third-order valence-electron chi connectivity index (χ3n) is 2.84. The first-order valence-electron chi connectivity index (χ1n) is 5.27. The molecule has 0 amide bonds. The van der Waals surface area contributed by atoms with Crippen LogP contribution in [0.1, 0.15) is 30.9 Å². The summed E-state index contributed by atoms with van der Waals surface area (Å²) in [7, 11) is 0. The van der Waals surface area contributed by atoms with Crippen molar-refractivity contribution in [2.75, 3.05) is 0 Å². The van der Waals surface area contributed by atoms with Crippen LogP contribution in [-0.2, 0) is 0 Å². The van der Waals surface area contributed by atoms with E-state index in [1.54, 1.807) is 0 Å². The van der Waals surface area contributed by atoms with Crippen LogP contribution in [0.5, 0.6) is 0 Å². The Labute approximate surface area is 85.1 Å². The van der Waals surface area contributed by atoms with Crippen molar-refractivity contribution in [1.82, 2.24) is 0 Å². The largest absolute Gasteiger partial charge is 0.388 e. The van der Waals surface area contributed by atoms with Gasteiger partial charge in [-0.05, 0) is 24.8 Å². The number of rotatable bonds is 2. The smallest absolute Gasteiger partial charge is 0.0852 e. The standard InChI is InChI=1S/C13H16O/c14-13(11-7-3-1-4-8-11)12-9-5-2-6-10-12/h1,3-5,7-9,12-14H,2,6,10H2. The van der Waals surface area contributed by atoms with Crippen molar-refractivity contribution in [1.29, 1.82) is 0 Å². The molecular formula is C13H16O. The van der Waals surface area contributed by atoms with E-state index in [0.717, 1.165) is 18.4 Å². The lowest BCUT2D eigenvalue weighted by Crippen LogP contribution is -2.12. The maximum Gasteiger partial charge on any atom is 0.0852 e. The van der Waals surface area contributed by atoms with Crippen molar-refractivity contribution in [3.63, 3.8) is 0 Å². The Morgan fingerprint density at radius 1 is 1.21 bits per heavy atom. The summed E-state index contributed by atoms with van der Waals surface area (Å²) in [5, 5.41) is 10.1. The topological polar surface area (TPSA) is 20.2 Å². The maximum atomic E-state index is 10.1. The minimum atomic E-state index is -0.326. The fourth-order valence-corrected chi connectivity index (χ4v) is 2.00. The van der Waals surface area contributed by atoms with Gasteiger partial charge in [0.25, 0.3) is 0 Å². The molecule has 0 radical (unpaired) electrons. The van der Waals surface area contributed by atoms with E-state index in [-0.39, 0.29) is 6.10 Å². The summed E-state index contributed by atoms with van der Waals surface area (Å²) in [6, 6.07) is 9.92. The van der Waals surface area contributed by atoms with Crippen LogP contribution in [-0.4, -0.2) is 5.11 Å². The molecule has 1 aliphatic rings. The maximum absolute atomic E-state index is 10.1. The summed E-state index contributed by atoms with van der Waals surface area (Å²) in [6.45, 7) is 0. The van der Waals surface area contributed by atoms with Crippen LogP contribution < -0.4 is 0 Å². The monoisotopic (exact) mass is 188 g/mol. The van der Waals surface area contributed by atoms with E-state index in [4.69, 9.17) is 0 Å². The van der Waals surface area contributed by atoms with Gasteiger partial charge in [0.1, 0.15) is 0 Å². The molecule has 74 valence electrons. The zero-order valence-electron chi connectivity index (χ0n) is 8.26. The Bertz CT molecular complexity index is 302. The van der Waals surface area contributed by atoms with Gasteiger partial charge in [-0.25, -0.2) is 0 Å². The number of hydrogen-bond donors (Lipinski definition) is 1. The predicted octanol–water partition coefficient (Wildman–Crippen LogP) is 3.08.